The third-order valence-electron chi connectivity index (χ3n) is 4.93. The molecule has 2 heterocycles. The summed E-state index contributed by atoms with van der Waals surface area (Å²) in [5.41, 5.74) is 4.00. The predicted octanol–water partition coefficient (Wildman–Crippen LogP) is 3.06. The van der Waals surface area contributed by atoms with E-state index in [2.05, 4.69) is 21.8 Å². The van der Waals surface area contributed by atoms with Gasteiger partial charge in [-0.2, -0.15) is 0 Å². The molecule has 1 aromatic heterocycles. The van der Waals surface area contributed by atoms with Gasteiger partial charge in [0.25, 0.3) is 5.91 Å². The number of nitrogens with zero attached hydrogens (tertiary/aromatic N) is 4. The molecule has 3 rings (SSSR count). The number of hydrogen-bond donors (Lipinski definition) is 0. The topological polar surface area (TPSA) is 49.3 Å². The Morgan fingerprint density at radius 1 is 0.960 bits per heavy atom. The minimum absolute atomic E-state index is 0.131. The van der Waals surface area contributed by atoms with Crippen molar-refractivity contribution in [1.29, 1.82) is 0 Å². The van der Waals surface area contributed by atoms with Gasteiger partial charge in [-0.15, -0.1) is 0 Å². The van der Waals surface area contributed by atoms with Crippen LogP contribution in [0.15, 0.2) is 24.3 Å². The molecule has 5 heteroatoms. The van der Waals surface area contributed by atoms with Gasteiger partial charge in [0.2, 0.25) is 0 Å². The van der Waals surface area contributed by atoms with Crippen molar-refractivity contribution in [3.63, 3.8) is 0 Å². The summed E-state index contributed by atoms with van der Waals surface area (Å²) in [6, 6.07) is 7.81. The van der Waals surface area contributed by atoms with Crippen molar-refractivity contribution in [1.82, 2.24) is 14.9 Å². The molecule has 2 aromatic rings. The number of aryl methyl sites for hydroxylation is 3. The largest absolute Gasteiger partial charge is 0.354 e. The van der Waals surface area contributed by atoms with Crippen LogP contribution in [0.1, 0.15) is 39.4 Å². The lowest BCUT2D eigenvalue weighted by molar-refractivity contribution is 0.0766. The number of aromatic nitrogens is 2. The monoisotopic (exact) mass is 338 g/mol. The van der Waals surface area contributed by atoms with Gasteiger partial charge in [-0.25, -0.2) is 9.97 Å². The lowest BCUT2D eigenvalue weighted by Crippen LogP contribution is -2.36. The number of hydrogen-bond acceptors (Lipinski definition) is 4. The van der Waals surface area contributed by atoms with Crippen LogP contribution in [0.5, 0.6) is 0 Å². The summed E-state index contributed by atoms with van der Waals surface area (Å²) < 4.78 is 0. The summed E-state index contributed by atoms with van der Waals surface area (Å²) in [6.07, 6.45) is 0.944. The van der Waals surface area contributed by atoms with E-state index >= 15 is 0 Å². The molecular formula is C20H26N4O. The summed E-state index contributed by atoms with van der Waals surface area (Å²) in [6.45, 7) is 11.2. The van der Waals surface area contributed by atoms with Crippen LogP contribution in [-0.4, -0.2) is 47.0 Å². The Morgan fingerprint density at radius 2 is 1.72 bits per heavy atom. The van der Waals surface area contributed by atoms with Crippen molar-refractivity contribution < 1.29 is 4.79 Å². The summed E-state index contributed by atoms with van der Waals surface area (Å²) in [4.78, 5) is 26.2. The first-order valence-electron chi connectivity index (χ1n) is 8.89. The summed E-state index contributed by atoms with van der Waals surface area (Å²) in [5.74, 6) is 1.94. The van der Waals surface area contributed by atoms with Gasteiger partial charge in [0.15, 0.2) is 0 Å². The van der Waals surface area contributed by atoms with Crippen molar-refractivity contribution in [2.75, 3.05) is 31.1 Å². The highest BCUT2D eigenvalue weighted by Crippen LogP contribution is 2.22. The van der Waals surface area contributed by atoms with Crippen molar-refractivity contribution in [3.05, 3.63) is 52.5 Å². The van der Waals surface area contributed by atoms with Crippen molar-refractivity contribution in [3.8, 4) is 0 Å². The minimum atomic E-state index is 0.131. The van der Waals surface area contributed by atoms with Crippen LogP contribution in [0.4, 0.5) is 5.82 Å². The van der Waals surface area contributed by atoms with E-state index in [1.54, 1.807) is 0 Å². The smallest absolute Gasteiger partial charge is 0.254 e. The minimum Gasteiger partial charge on any atom is -0.354 e. The van der Waals surface area contributed by atoms with E-state index in [1.807, 2.05) is 49.9 Å². The summed E-state index contributed by atoms with van der Waals surface area (Å²) in [7, 11) is 0. The first-order valence-corrected chi connectivity index (χ1v) is 8.89. The van der Waals surface area contributed by atoms with Crippen LogP contribution in [0.2, 0.25) is 0 Å². The van der Waals surface area contributed by atoms with Crippen LogP contribution in [0.25, 0.3) is 0 Å². The molecule has 0 spiro atoms. The van der Waals surface area contributed by atoms with Gasteiger partial charge in [0.1, 0.15) is 11.6 Å². The Bertz CT molecular complexity index is 787. The molecule has 0 N–H and O–H groups in total. The second kappa shape index (κ2) is 7.21. The third-order valence-corrected chi connectivity index (χ3v) is 4.93. The zero-order chi connectivity index (χ0) is 18.0. The summed E-state index contributed by atoms with van der Waals surface area (Å²) >= 11 is 0. The fourth-order valence-electron chi connectivity index (χ4n) is 3.37. The lowest BCUT2D eigenvalue weighted by atomic mass is 10.1. The second-order valence-corrected chi connectivity index (χ2v) is 6.75. The highest BCUT2D eigenvalue weighted by molar-refractivity contribution is 5.95. The van der Waals surface area contributed by atoms with E-state index in [-0.39, 0.29) is 5.91 Å². The Balaban J connectivity index is 1.77. The van der Waals surface area contributed by atoms with Gasteiger partial charge < -0.3 is 9.80 Å². The van der Waals surface area contributed by atoms with Gasteiger partial charge in [-0.05, 0) is 45.7 Å². The number of anilines is 1. The normalized spacial score (nSPS) is 15.2. The molecule has 0 bridgehead atoms. The van der Waals surface area contributed by atoms with Gasteiger partial charge in [0.05, 0.1) is 0 Å². The maximum absolute atomic E-state index is 12.9. The molecule has 132 valence electrons. The highest BCUT2D eigenvalue weighted by atomic mass is 16.2. The van der Waals surface area contributed by atoms with Crippen LogP contribution < -0.4 is 4.90 Å². The molecule has 1 fully saturated rings. The number of benzene rings is 1. The van der Waals surface area contributed by atoms with Crippen molar-refractivity contribution in [2.24, 2.45) is 0 Å². The van der Waals surface area contributed by atoms with Gasteiger partial charge >= 0.3 is 0 Å². The van der Waals surface area contributed by atoms with E-state index in [1.165, 1.54) is 0 Å². The molecule has 0 radical (unpaired) electrons. The van der Waals surface area contributed by atoms with Crippen LogP contribution in [-0.2, 0) is 0 Å². The van der Waals surface area contributed by atoms with Crippen molar-refractivity contribution in [2.45, 2.75) is 34.1 Å². The first-order chi connectivity index (χ1) is 12.0. The SMILES string of the molecule is Cc1nc(C)c(C)c(N2CCCN(C(=O)c3ccccc3C)CC2)n1. The average Bonchev–Trinajstić information content (AvgIpc) is 2.84. The molecule has 25 heavy (non-hydrogen) atoms. The molecule has 0 unspecified atom stereocenters. The van der Waals surface area contributed by atoms with E-state index < -0.39 is 0 Å². The predicted molar refractivity (Wildman–Crippen MR) is 100 cm³/mol. The third kappa shape index (κ3) is 3.65. The zero-order valence-electron chi connectivity index (χ0n) is 15.5. The molecule has 0 aliphatic carbocycles. The maximum Gasteiger partial charge on any atom is 0.254 e. The molecule has 0 atom stereocenters. The number of carbonyl (C=O) groups is 1. The van der Waals surface area contributed by atoms with E-state index in [0.717, 1.165) is 60.1 Å². The molecule has 1 aliphatic heterocycles. The highest BCUT2D eigenvalue weighted by Gasteiger charge is 2.23. The quantitative estimate of drug-likeness (QED) is 0.844. The maximum atomic E-state index is 12.9. The van der Waals surface area contributed by atoms with E-state index in [0.29, 0.717) is 6.54 Å². The Morgan fingerprint density at radius 3 is 2.48 bits per heavy atom. The fraction of sp³-hybridized carbons (Fsp3) is 0.450. The first kappa shape index (κ1) is 17.4. The Hall–Kier alpha value is -2.43. The van der Waals surface area contributed by atoms with Crippen LogP contribution >= 0.6 is 0 Å². The van der Waals surface area contributed by atoms with Gasteiger partial charge in [0, 0.05) is 43.0 Å². The van der Waals surface area contributed by atoms with Crippen LogP contribution in [0.3, 0.4) is 0 Å². The Labute approximate surface area is 149 Å². The molecule has 1 aromatic carbocycles. The standard InChI is InChI=1S/C20H26N4O/c1-14-8-5-6-9-18(14)20(25)24-11-7-10-23(12-13-24)19-15(2)16(3)21-17(4)22-19/h5-6,8-9H,7,10-13H2,1-4H3. The number of carbonyl (C=O) groups excluding carboxylic acids is 1. The second-order valence-electron chi connectivity index (χ2n) is 6.75. The average molecular weight is 338 g/mol. The molecular weight excluding hydrogens is 312 g/mol. The molecule has 0 saturated carbocycles. The van der Waals surface area contributed by atoms with Crippen molar-refractivity contribution >= 4 is 11.7 Å². The van der Waals surface area contributed by atoms with Crippen LogP contribution in [0, 0.1) is 27.7 Å². The zero-order valence-corrected chi connectivity index (χ0v) is 15.5. The number of rotatable bonds is 2. The molecule has 5 nitrogen and oxygen atoms in total. The van der Waals surface area contributed by atoms with Gasteiger partial charge in [-0.3, -0.25) is 4.79 Å². The Kier molecular flexibility index (Phi) is 5.02. The molecule has 1 saturated heterocycles. The van der Waals surface area contributed by atoms with E-state index in [4.69, 9.17) is 0 Å². The van der Waals surface area contributed by atoms with E-state index in [9.17, 15) is 4.79 Å². The molecule has 1 aliphatic rings. The molecule has 1 amide bonds. The van der Waals surface area contributed by atoms with Gasteiger partial charge in [-0.1, -0.05) is 18.2 Å². The summed E-state index contributed by atoms with van der Waals surface area (Å²) in [5, 5.41) is 0. The fourth-order valence-corrected chi connectivity index (χ4v) is 3.37. The number of amides is 1. The lowest BCUT2D eigenvalue weighted by Gasteiger charge is -2.25.